The first-order valence-electron chi connectivity index (χ1n) is 3.35. The Morgan fingerprint density at radius 1 is 1.42 bits per heavy atom. The van der Waals surface area contributed by atoms with Crippen LogP contribution in [0.5, 0.6) is 5.75 Å². The first kappa shape index (κ1) is 7.54. The highest BCUT2D eigenvalue weighted by molar-refractivity contribution is 9.10. The number of H-pyrrole nitrogens is 1. The van der Waals surface area contributed by atoms with Crippen molar-refractivity contribution in [1.82, 2.24) is 15.4 Å². The van der Waals surface area contributed by atoms with Gasteiger partial charge < -0.3 is 4.74 Å². The molecule has 0 saturated heterocycles. The summed E-state index contributed by atoms with van der Waals surface area (Å²) in [6, 6.07) is 3.68. The molecule has 0 amide bonds. The van der Waals surface area contributed by atoms with Crippen LogP contribution in [0, 0.1) is 0 Å². The second-order valence-corrected chi connectivity index (χ2v) is 3.15. The minimum atomic E-state index is 0.767. The van der Waals surface area contributed by atoms with Gasteiger partial charge in [0.15, 0.2) is 0 Å². The van der Waals surface area contributed by atoms with Crippen LogP contribution in [-0.2, 0) is 0 Å². The highest BCUT2D eigenvalue weighted by Gasteiger charge is 2.04. The quantitative estimate of drug-likeness (QED) is 0.808. The first-order valence-corrected chi connectivity index (χ1v) is 4.14. The van der Waals surface area contributed by atoms with Crippen molar-refractivity contribution in [1.29, 1.82) is 0 Å². The second-order valence-electron chi connectivity index (χ2n) is 2.30. The van der Waals surface area contributed by atoms with Crippen molar-refractivity contribution in [2.24, 2.45) is 0 Å². The predicted octanol–water partition coefficient (Wildman–Crippen LogP) is 1.73. The van der Waals surface area contributed by atoms with Crippen molar-refractivity contribution in [3.63, 3.8) is 0 Å². The van der Waals surface area contributed by atoms with Gasteiger partial charge in [0.2, 0.25) is 0 Å². The molecule has 0 radical (unpaired) electrons. The van der Waals surface area contributed by atoms with Crippen LogP contribution >= 0.6 is 15.9 Å². The van der Waals surface area contributed by atoms with E-state index in [1.807, 2.05) is 12.1 Å². The van der Waals surface area contributed by atoms with Crippen molar-refractivity contribution >= 4 is 27.0 Å². The number of nitrogens with zero attached hydrogens (tertiary/aromatic N) is 2. The Morgan fingerprint density at radius 2 is 2.25 bits per heavy atom. The number of halogens is 1. The molecule has 1 N–H and O–H groups in total. The smallest absolute Gasteiger partial charge is 0.127 e. The molecule has 0 aliphatic rings. The fraction of sp³-hybridized carbons (Fsp3) is 0.143. The molecule has 0 unspecified atom stereocenters. The summed E-state index contributed by atoms with van der Waals surface area (Å²) >= 11 is 3.37. The number of benzene rings is 1. The predicted molar refractivity (Wildman–Crippen MR) is 48.1 cm³/mol. The number of hydrogen-bond acceptors (Lipinski definition) is 3. The topological polar surface area (TPSA) is 50.8 Å². The van der Waals surface area contributed by atoms with Gasteiger partial charge in [0, 0.05) is 6.07 Å². The largest absolute Gasteiger partial charge is 0.497 e. The number of nitrogens with one attached hydrogen (secondary N) is 1. The summed E-state index contributed by atoms with van der Waals surface area (Å²) in [5.41, 5.74) is 1.61. The van der Waals surface area contributed by atoms with Gasteiger partial charge in [-0.1, -0.05) is 0 Å². The zero-order valence-corrected chi connectivity index (χ0v) is 7.92. The van der Waals surface area contributed by atoms with Crippen LogP contribution in [0.25, 0.3) is 11.0 Å². The molecular weight excluding hydrogens is 222 g/mol. The van der Waals surface area contributed by atoms with Gasteiger partial charge in [0.1, 0.15) is 16.8 Å². The molecule has 5 heteroatoms. The molecule has 2 rings (SSSR count). The summed E-state index contributed by atoms with van der Waals surface area (Å²) in [6.45, 7) is 0. The average molecular weight is 228 g/mol. The van der Waals surface area contributed by atoms with E-state index in [9.17, 15) is 0 Å². The number of fused-ring (bicyclic) bond motifs is 1. The monoisotopic (exact) mass is 227 g/mol. The molecule has 0 spiro atoms. The third kappa shape index (κ3) is 1.06. The van der Waals surface area contributed by atoms with Crippen LogP contribution in [0.3, 0.4) is 0 Å². The Bertz CT molecular complexity index is 412. The van der Waals surface area contributed by atoms with Crippen LogP contribution in [0.15, 0.2) is 16.6 Å². The highest BCUT2D eigenvalue weighted by Crippen LogP contribution is 2.25. The van der Waals surface area contributed by atoms with E-state index in [1.165, 1.54) is 0 Å². The lowest BCUT2D eigenvalue weighted by molar-refractivity contribution is 0.415. The summed E-state index contributed by atoms with van der Waals surface area (Å²) in [6.07, 6.45) is 0. The summed E-state index contributed by atoms with van der Waals surface area (Å²) in [5.74, 6) is 0.767. The molecule has 0 bridgehead atoms. The maximum absolute atomic E-state index is 5.06. The van der Waals surface area contributed by atoms with Crippen LogP contribution in [0.1, 0.15) is 0 Å². The molecular formula is C7H6BrN3O. The minimum absolute atomic E-state index is 0.767. The van der Waals surface area contributed by atoms with Gasteiger partial charge in [0.25, 0.3) is 0 Å². The van der Waals surface area contributed by atoms with E-state index >= 15 is 0 Å². The van der Waals surface area contributed by atoms with E-state index in [0.717, 1.165) is 21.3 Å². The van der Waals surface area contributed by atoms with E-state index in [1.54, 1.807) is 7.11 Å². The number of hydrogen-bond donors (Lipinski definition) is 1. The Balaban J connectivity index is 2.75. The molecule has 0 fully saturated rings. The van der Waals surface area contributed by atoms with E-state index in [-0.39, 0.29) is 0 Å². The van der Waals surface area contributed by atoms with Crippen molar-refractivity contribution in [3.05, 3.63) is 16.6 Å². The molecule has 4 nitrogen and oxygen atoms in total. The van der Waals surface area contributed by atoms with Crippen molar-refractivity contribution < 1.29 is 4.74 Å². The molecule has 1 heterocycles. The maximum atomic E-state index is 5.06. The Kier molecular flexibility index (Phi) is 1.73. The molecule has 62 valence electrons. The van der Waals surface area contributed by atoms with Gasteiger partial charge in [0.05, 0.1) is 11.6 Å². The molecule has 12 heavy (non-hydrogen) atoms. The SMILES string of the molecule is COc1cc(Br)c2n[nH]nc2c1. The van der Waals surface area contributed by atoms with Crippen LogP contribution in [0.2, 0.25) is 0 Å². The number of methoxy groups -OCH3 is 1. The maximum Gasteiger partial charge on any atom is 0.127 e. The van der Waals surface area contributed by atoms with Gasteiger partial charge in [-0.15, -0.1) is 0 Å². The van der Waals surface area contributed by atoms with Crippen LogP contribution in [-0.4, -0.2) is 22.5 Å². The number of rotatable bonds is 1. The van der Waals surface area contributed by atoms with Gasteiger partial charge in [-0.2, -0.15) is 15.4 Å². The lowest BCUT2D eigenvalue weighted by Gasteiger charge is -1.98. The Labute approximate surface area is 77.0 Å². The lowest BCUT2D eigenvalue weighted by Crippen LogP contribution is -1.82. The van der Waals surface area contributed by atoms with E-state index in [4.69, 9.17) is 4.74 Å². The van der Waals surface area contributed by atoms with E-state index < -0.39 is 0 Å². The summed E-state index contributed by atoms with van der Waals surface area (Å²) in [7, 11) is 1.62. The number of ether oxygens (including phenoxy) is 1. The van der Waals surface area contributed by atoms with Gasteiger partial charge in [-0.25, -0.2) is 0 Å². The van der Waals surface area contributed by atoms with Gasteiger partial charge in [-0.3, -0.25) is 0 Å². The third-order valence-electron chi connectivity index (χ3n) is 1.58. The van der Waals surface area contributed by atoms with Crippen molar-refractivity contribution in [2.45, 2.75) is 0 Å². The molecule has 1 aromatic carbocycles. The first-order chi connectivity index (χ1) is 5.81. The normalized spacial score (nSPS) is 10.5. The second kappa shape index (κ2) is 2.75. The average Bonchev–Trinajstić information content (AvgIpc) is 2.52. The minimum Gasteiger partial charge on any atom is -0.497 e. The Hall–Kier alpha value is -1.10. The zero-order valence-electron chi connectivity index (χ0n) is 6.34. The third-order valence-corrected chi connectivity index (χ3v) is 2.19. The molecule has 2 aromatic rings. The summed E-state index contributed by atoms with van der Waals surface area (Å²) in [5, 5.41) is 10.4. The molecule has 0 aliphatic carbocycles. The highest BCUT2D eigenvalue weighted by atomic mass is 79.9. The van der Waals surface area contributed by atoms with Crippen molar-refractivity contribution in [2.75, 3.05) is 7.11 Å². The molecule has 1 aromatic heterocycles. The van der Waals surface area contributed by atoms with Crippen LogP contribution < -0.4 is 4.74 Å². The van der Waals surface area contributed by atoms with Gasteiger partial charge in [-0.05, 0) is 22.0 Å². The molecule has 0 aliphatic heterocycles. The fourth-order valence-electron chi connectivity index (χ4n) is 1.00. The Morgan fingerprint density at radius 3 is 3.00 bits per heavy atom. The van der Waals surface area contributed by atoms with E-state index in [0.29, 0.717) is 0 Å². The van der Waals surface area contributed by atoms with Crippen LogP contribution in [0.4, 0.5) is 0 Å². The molecule has 0 saturated carbocycles. The fourth-order valence-corrected chi connectivity index (χ4v) is 1.52. The number of aromatic amines is 1. The summed E-state index contributed by atoms with van der Waals surface area (Å²) in [4.78, 5) is 0. The standard InChI is InChI=1S/C7H6BrN3O/c1-12-4-2-5(8)7-6(3-4)9-11-10-7/h2-3H,1H3,(H,9,10,11). The lowest BCUT2D eigenvalue weighted by atomic mass is 10.3. The van der Waals surface area contributed by atoms with Gasteiger partial charge >= 0.3 is 0 Å². The summed E-state index contributed by atoms with van der Waals surface area (Å²) < 4.78 is 5.94. The number of aromatic nitrogens is 3. The molecule has 0 atom stereocenters. The van der Waals surface area contributed by atoms with Crippen molar-refractivity contribution in [3.8, 4) is 5.75 Å². The zero-order chi connectivity index (χ0) is 8.55. The van der Waals surface area contributed by atoms with E-state index in [2.05, 4.69) is 31.3 Å².